The van der Waals surface area contributed by atoms with Crippen LogP contribution in [0.2, 0.25) is 0 Å². The van der Waals surface area contributed by atoms with E-state index in [1.54, 1.807) is 35.6 Å². The molecule has 1 aliphatic heterocycles. The minimum Gasteiger partial charge on any atom is -0.490 e. The minimum absolute atomic E-state index is 0.0711. The lowest BCUT2D eigenvalue weighted by atomic mass is 10.0. The van der Waals surface area contributed by atoms with E-state index < -0.39 is 16.1 Å². The number of aryl methyl sites for hydroxylation is 1. The fraction of sp³-hybridized carbons (Fsp3) is 0.515. The van der Waals surface area contributed by atoms with Gasteiger partial charge in [0.05, 0.1) is 36.7 Å². The quantitative estimate of drug-likeness (QED) is 0.357. The molecule has 0 saturated heterocycles. The highest BCUT2D eigenvalue weighted by Crippen LogP contribution is 2.29. The number of aliphatic hydroxyl groups is 1. The Bertz CT molecular complexity index is 1500. The number of hydrogen-bond acceptors (Lipinski definition) is 8. The Kier molecular flexibility index (Phi) is 12.0. The van der Waals surface area contributed by atoms with Gasteiger partial charge in [-0.1, -0.05) is 37.3 Å². The Morgan fingerprint density at radius 2 is 1.91 bits per heavy atom. The van der Waals surface area contributed by atoms with Crippen molar-refractivity contribution in [1.29, 1.82) is 0 Å². The summed E-state index contributed by atoms with van der Waals surface area (Å²) in [6, 6.07) is 14.5. The second kappa shape index (κ2) is 15.7. The lowest BCUT2D eigenvalue weighted by Crippen LogP contribution is -2.47. The van der Waals surface area contributed by atoms with Gasteiger partial charge < -0.3 is 24.0 Å². The van der Waals surface area contributed by atoms with Gasteiger partial charge in [-0.15, -0.1) is 0 Å². The molecule has 1 aliphatic rings. The van der Waals surface area contributed by atoms with Crippen molar-refractivity contribution < 1.29 is 27.8 Å². The molecule has 2 aromatic carbocycles. The van der Waals surface area contributed by atoms with Gasteiger partial charge in [0, 0.05) is 51.1 Å². The number of rotatable bonds is 9. The molecule has 2 N–H and O–H groups in total. The van der Waals surface area contributed by atoms with Crippen LogP contribution in [0.1, 0.15) is 56.0 Å². The molecule has 0 bridgehead atoms. The zero-order valence-corrected chi connectivity index (χ0v) is 27.7. The number of anilines is 1. The van der Waals surface area contributed by atoms with Crippen molar-refractivity contribution in [2.24, 2.45) is 13.0 Å². The molecule has 11 nitrogen and oxygen atoms in total. The third-order valence-corrected chi connectivity index (χ3v) is 9.31. The maximum atomic E-state index is 14.3. The van der Waals surface area contributed by atoms with E-state index in [0.717, 1.165) is 25.8 Å². The number of sulfonamides is 1. The average Bonchev–Trinajstić information content (AvgIpc) is 3.46. The second-order valence-corrected chi connectivity index (χ2v) is 13.8. The highest BCUT2D eigenvalue weighted by molar-refractivity contribution is 7.92. The third kappa shape index (κ3) is 9.52. The number of ether oxygens (including phenoxy) is 2. The van der Waals surface area contributed by atoms with Crippen molar-refractivity contribution >= 4 is 21.6 Å². The van der Waals surface area contributed by atoms with Gasteiger partial charge in [-0.2, -0.15) is 8.42 Å². The molecule has 0 aliphatic carbocycles. The van der Waals surface area contributed by atoms with Crippen LogP contribution in [-0.2, 0) is 28.4 Å². The van der Waals surface area contributed by atoms with Crippen LogP contribution in [0.4, 0.5) is 5.69 Å². The van der Waals surface area contributed by atoms with Crippen molar-refractivity contribution in [3.8, 4) is 5.75 Å². The van der Waals surface area contributed by atoms with Gasteiger partial charge >= 0.3 is 0 Å². The smallest absolute Gasteiger partial charge is 0.280 e. The van der Waals surface area contributed by atoms with Gasteiger partial charge in [-0.05, 0) is 63.9 Å². The number of benzene rings is 2. The Morgan fingerprint density at radius 1 is 1.16 bits per heavy atom. The van der Waals surface area contributed by atoms with Crippen LogP contribution in [0.5, 0.6) is 5.75 Å². The number of fused-ring (bicyclic) bond motifs is 1. The first kappa shape index (κ1) is 34.4. The minimum atomic E-state index is -3.99. The summed E-state index contributed by atoms with van der Waals surface area (Å²) in [7, 11) is -0.239. The lowest BCUT2D eigenvalue weighted by molar-refractivity contribution is -0.0177. The summed E-state index contributed by atoms with van der Waals surface area (Å²) >= 11 is 0. The van der Waals surface area contributed by atoms with Gasteiger partial charge in [-0.3, -0.25) is 14.4 Å². The molecule has 0 radical (unpaired) electrons. The van der Waals surface area contributed by atoms with E-state index in [1.807, 2.05) is 25.1 Å². The first-order valence-corrected chi connectivity index (χ1v) is 17.0. The third-order valence-electron chi connectivity index (χ3n) is 8.05. The van der Waals surface area contributed by atoms with Crippen molar-refractivity contribution in [2.75, 3.05) is 38.1 Å². The van der Waals surface area contributed by atoms with Crippen molar-refractivity contribution in [3.05, 3.63) is 72.2 Å². The van der Waals surface area contributed by atoms with Gasteiger partial charge in [0.2, 0.25) is 0 Å². The molecule has 0 spiro atoms. The summed E-state index contributed by atoms with van der Waals surface area (Å²) in [6.07, 6.45) is 4.98. The van der Waals surface area contributed by atoms with Crippen molar-refractivity contribution in [2.45, 2.75) is 69.9 Å². The SMILES string of the molecule is C[C@H](CO)N1C[C@H](C)[C@@H](CN(C)Cc2ccccc2)OCCCC[C@H](C)Oc2ccc(NS(=O)(=O)c3cn(C)cn3)cc2C1=O. The summed E-state index contributed by atoms with van der Waals surface area (Å²) < 4.78 is 42.9. The number of likely N-dealkylation sites (N-methyl/N-ethyl adjacent to an activating group) is 1. The van der Waals surface area contributed by atoms with Crippen LogP contribution in [0.3, 0.4) is 0 Å². The lowest BCUT2D eigenvalue weighted by Gasteiger charge is -2.36. The van der Waals surface area contributed by atoms with Crippen LogP contribution >= 0.6 is 0 Å². The van der Waals surface area contributed by atoms with Gasteiger partial charge in [0.15, 0.2) is 5.03 Å². The number of carbonyl (C=O) groups is 1. The molecule has 4 rings (SSSR count). The Labute approximate surface area is 267 Å². The van der Waals surface area contributed by atoms with E-state index in [9.17, 15) is 18.3 Å². The number of amides is 1. The molecule has 45 heavy (non-hydrogen) atoms. The first-order valence-electron chi connectivity index (χ1n) is 15.5. The molecular weight excluding hydrogens is 594 g/mol. The Hall–Kier alpha value is -3.45. The molecule has 1 amide bonds. The summed E-state index contributed by atoms with van der Waals surface area (Å²) in [5.41, 5.74) is 1.63. The molecule has 246 valence electrons. The fourth-order valence-corrected chi connectivity index (χ4v) is 6.48. The molecule has 2 heterocycles. The monoisotopic (exact) mass is 641 g/mol. The number of hydrogen-bond donors (Lipinski definition) is 2. The number of nitrogens with zero attached hydrogens (tertiary/aromatic N) is 4. The average molecular weight is 642 g/mol. The molecular formula is C33H47N5O6S. The largest absolute Gasteiger partial charge is 0.490 e. The van der Waals surface area contributed by atoms with Crippen molar-refractivity contribution in [3.63, 3.8) is 0 Å². The summed E-state index contributed by atoms with van der Waals surface area (Å²) in [6.45, 7) is 7.93. The molecule has 3 aromatic rings. The second-order valence-electron chi connectivity index (χ2n) is 12.2. The molecule has 12 heteroatoms. The number of imidazole rings is 1. The predicted molar refractivity (Wildman–Crippen MR) is 174 cm³/mol. The van der Waals surface area contributed by atoms with Gasteiger partial charge in [0.25, 0.3) is 15.9 Å². The summed E-state index contributed by atoms with van der Waals surface area (Å²) in [5, 5.41) is 10.1. The number of carbonyl (C=O) groups excluding carboxylic acids is 1. The number of aliphatic hydroxyl groups excluding tert-OH is 1. The molecule has 0 saturated carbocycles. The normalized spacial score (nSPS) is 21.1. The Morgan fingerprint density at radius 3 is 2.60 bits per heavy atom. The topological polar surface area (TPSA) is 126 Å². The van der Waals surface area contributed by atoms with Crippen LogP contribution < -0.4 is 9.46 Å². The van der Waals surface area contributed by atoms with E-state index >= 15 is 0 Å². The van der Waals surface area contributed by atoms with Gasteiger partial charge in [-0.25, -0.2) is 4.98 Å². The standard InChI is InChI=1S/C33H47N5O6S/c1-24-18-38(25(2)22-39)33(40)29-17-28(35-45(41,42)32-21-37(5)23-34-32)14-15-30(29)44-26(3)11-9-10-16-43-31(24)20-36(4)19-27-12-7-6-8-13-27/h6-8,12-15,17,21,23-26,31,35,39H,9-11,16,18-20,22H2,1-5H3/t24-,25+,26-,31+/m0/s1. The molecule has 1 aromatic heterocycles. The maximum absolute atomic E-state index is 14.3. The number of nitrogens with one attached hydrogen (secondary N) is 1. The maximum Gasteiger partial charge on any atom is 0.280 e. The van der Waals surface area contributed by atoms with E-state index in [2.05, 4.69) is 40.7 Å². The summed E-state index contributed by atoms with van der Waals surface area (Å²) in [5.74, 6) is -0.0697. The number of aromatic nitrogens is 2. The van der Waals surface area contributed by atoms with E-state index in [1.165, 1.54) is 24.2 Å². The van der Waals surface area contributed by atoms with Crippen LogP contribution in [0.25, 0.3) is 0 Å². The molecule has 4 atom stereocenters. The van der Waals surface area contributed by atoms with Crippen LogP contribution in [0, 0.1) is 5.92 Å². The first-order chi connectivity index (χ1) is 21.5. The van der Waals surface area contributed by atoms with E-state index in [-0.39, 0.29) is 46.9 Å². The van der Waals surface area contributed by atoms with Crippen LogP contribution in [-0.4, -0.2) is 90.4 Å². The van der Waals surface area contributed by atoms with E-state index in [4.69, 9.17) is 9.47 Å². The predicted octanol–water partition coefficient (Wildman–Crippen LogP) is 4.15. The molecule has 0 unspecified atom stereocenters. The Balaban J connectivity index is 1.64. The van der Waals surface area contributed by atoms with Crippen LogP contribution in [0.15, 0.2) is 66.1 Å². The highest BCUT2D eigenvalue weighted by Gasteiger charge is 2.31. The van der Waals surface area contributed by atoms with Crippen molar-refractivity contribution in [1.82, 2.24) is 19.4 Å². The van der Waals surface area contributed by atoms with Gasteiger partial charge in [0.1, 0.15) is 5.75 Å². The summed E-state index contributed by atoms with van der Waals surface area (Å²) in [4.78, 5) is 22.1. The van der Waals surface area contributed by atoms with E-state index in [0.29, 0.717) is 25.4 Å². The fourth-order valence-electron chi connectivity index (χ4n) is 5.45. The zero-order valence-electron chi connectivity index (χ0n) is 26.9. The molecule has 0 fully saturated rings. The zero-order chi connectivity index (χ0) is 32.6. The highest BCUT2D eigenvalue weighted by atomic mass is 32.2.